The largest absolute Gasteiger partial charge is 0.435 e. The van der Waals surface area contributed by atoms with Crippen LogP contribution in [0.4, 0.5) is 5.82 Å². The lowest BCUT2D eigenvalue weighted by atomic mass is 9.73. The molecule has 0 saturated carbocycles. The Kier molecular flexibility index (Phi) is 4.81. The molecule has 30 heavy (non-hydrogen) atoms. The molecular formula is C22H23ClN6O. The molecule has 0 bridgehead atoms. The lowest BCUT2D eigenvalue weighted by molar-refractivity contribution is 0.174. The molecule has 1 unspecified atom stereocenters. The topological polar surface area (TPSA) is 112 Å². The molecule has 2 aromatic heterocycles. The molecule has 1 aliphatic heterocycles. The highest BCUT2D eigenvalue weighted by Crippen LogP contribution is 2.50. The third-order valence-electron chi connectivity index (χ3n) is 6.31. The van der Waals surface area contributed by atoms with Crippen molar-refractivity contribution in [3.63, 3.8) is 0 Å². The van der Waals surface area contributed by atoms with E-state index in [0.717, 1.165) is 37.9 Å². The van der Waals surface area contributed by atoms with Gasteiger partial charge in [-0.3, -0.25) is 0 Å². The minimum atomic E-state index is 0.0185. The Labute approximate surface area is 179 Å². The van der Waals surface area contributed by atoms with Crippen LogP contribution >= 0.6 is 11.6 Å². The molecule has 1 fully saturated rings. The van der Waals surface area contributed by atoms with Crippen molar-refractivity contribution in [1.82, 2.24) is 20.3 Å². The monoisotopic (exact) mass is 422 g/mol. The van der Waals surface area contributed by atoms with Crippen LogP contribution in [-0.2, 0) is 6.42 Å². The van der Waals surface area contributed by atoms with Gasteiger partial charge in [-0.1, -0.05) is 23.7 Å². The predicted molar refractivity (Wildman–Crippen MR) is 116 cm³/mol. The van der Waals surface area contributed by atoms with Gasteiger partial charge in [0.25, 0.3) is 0 Å². The molecule has 8 heteroatoms. The first-order valence-electron chi connectivity index (χ1n) is 10.1. The van der Waals surface area contributed by atoms with Crippen molar-refractivity contribution in [3.8, 4) is 22.9 Å². The number of hydrogen-bond acceptors (Lipinski definition) is 7. The summed E-state index contributed by atoms with van der Waals surface area (Å²) < 4.78 is 5.97. The predicted octanol–water partition coefficient (Wildman–Crippen LogP) is 3.49. The summed E-state index contributed by atoms with van der Waals surface area (Å²) in [5, 5.41) is 3.69. The Hall–Kier alpha value is -2.74. The van der Waals surface area contributed by atoms with Gasteiger partial charge in [0.05, 0.1) is 0 Å². The van der Waals surface area contributed by atoms with E-state index in [9.17, 15) is 0 Å². The number of halogens is 1. The van der Waals surface area contributed by atoms with Crippen LogP contribution < -0.4 is 21.5 Å². The highest BCUT2D eigenvalue weighted by molar-refractivity contribution is 6.34. The summed E-state index contributed by atoms with van der Waals surface area (Å²) in [5.74, 6) is 0.945. The summed E-state index contributed by atoms with van der Waals surface area (Å²) in [6, 6.07) is 8.03. The first kappa shape index (κ1) is 19.2. The molecule has 1 aromatic carbocycles. The molecule has 1 saturated heterocycles. The van der Waals surface area contributed by atoms with Gasteiger partial charge in [0.1, 0.15) is 16.5 Å². The Bertz CT molecular complexity index is 1100. The first-order valence-corrected chi connectivity index (χ1v) is 10.4. The third-order valence-corrected chi connectivity index (χ3v) is 6.69. The second-order valence-corrected chi connectivity index (χ2v) is 8.38. The molecule has 0 amide bonds. The van der Waals surface area contributed by atoms with Gasteiger partial charge < -0.3 is 21.5 Å². The number of benzene rings is 1. The standard InChI is InChI=1S/C22H23ClN6O/c23-17-16(3-6-28-20(17)25)30-21-18(27-9-10-29-21)13-1-2-14-12-22(4-7-26-8-5-22)19(24)15(14)11-13/h1-3,6,9-11,19,26H,4-5,7-8,12,24H2,(H2,25,28). The van der Waals surface area contributed by atoms with Gasteiger partial charge in [-0.2, -0.15) is 0 Å². The number of nitrogen functional groups attached to an aromatic ring is 1. The van der Waals surface area contributed by atoms with Crippen LogP contribution in [0, 0.1) is 5.41 Å². The normalized spacial score (nSPS) is 19.6. The molecule has 5 N–H and O–H groups in total. The number of fused-ring (bicyclic) bond motifs is 1. The number of nitrogens with one attached hydrogen (secondary N) is 1. The minimum absolute atomic E-state index is 0.0185. The number of ether oxygens (including phenoxy) is 1. The van der Waals surface area contributed by atoms with Crippen molar-refractivity contribution in [2.24, 2.45) is 11.1 Å². The number of hydrogen-bond donors (Lipinski definition) is 3. The van der Waals surface area contributed by atoms with E-state index in [4.69, 9.17) is 27.8 Å². The van der Waals surface area contributed by atoms with Crippen LogP contribution in [0.25, 0.3) is 11.3 Å². The summed E-state index contributed by atoms with van der Waals surface area (Å²) in [4.78, 5) is 12.9. The maximum absolute atomic E-state index is 6.77. The highest BCUT2D eigenvalue weighted by atomic mass is 35.5. The molecule has 1 spiro atoms. The van der Waals surface area contributed by atoms with Crippen molar-refractivity contribution < 1.29 is 4.74 Å². The molecule has 1 aliphatic carbocycles. The second kappa shape index (κ2) is 7.50. The lowest BCUT2D eigenvalue weighted by Crippen LogP contribution is -2.42. The van der Waals surface area contributed by atoms with E-state index >= 15 is 0 Å². The molecule has 1 atom stereocenters. The van der Waals surface area contributed by atoms with E-state index in [1.54, 1.807) is 24.7 Å². The zero-order chi connectivity index (χ0) is 20.7. The first-order chi connectivity index (χ1) is 14.6. The number of nitrogens with two attached hydrogens (primary N) is 2. The molecule has 3 aromatic rings. The second-order valence-electron chi connectivity index (χ2n) is 8.00. The number of piperidine rings is 1. The quantitative estimate of drug-likeness (QED) is 0.592. The van der Waals surface area contributed by atoms with E-state index in [2.05, 4.69) is 38.5 Å². The summed E-state index contributed by atoms with van der Waals surface area (Å²) in [6.45, 7) is 2.04. The fraction of sp³-hybridized carbons (Fsp3) is 0.318. The maximum Gasteiger partial charge on any atom is 0.246 e. The molecule has 0 radical (unpaired) electrons. The molecule has 7 nitrogen and oxygen atoms in total. The Morgan fingerprint density at radius 3 is 2.70 bits per heavy atom. The average Bonchev–Trinajstić information content (AvgIpc) is 3.03. The highest BCUT2D eigenvalue weighted by Gasteiger charge is 2.44. The third kappa shape index (κ3) is 3.19. The van der Waals surface area contributed by atoms with E-state index < -0.39 is 0 Å². The Morgan fingerprint density at radius 2 is 1.87 bits per heavy atom. The molecule has 154 valence electrons. The van der Waals surface area contributed by atoms with E-state index in [0.29, 0.717) is 17.3 Å². The van der Waals surface area contributed by atoms with Crippen molar-refractivity contribution in [2.45, 2.75) is 25.3 Å². The van der Waals surface area contributed by atoms with Gasteiger partial charge in [0.2, 0.25) is 5.88 Å². The van der Waals surface area contributed by atoms with Gasteiger partial charge in [-0.15, -0.1) is 0 Å². The van der Waals surface area contributed by atoms with Crippen LogP contribution in [0.1, 0.15) is 30.0 Å². The van der Waals surface area contributed by atoms with E-state index in [1.165, 1.54) is 11.1 Å². The number of pyridine rings is 1. The maximum atomic E-state index is 6.77. The molecule has 5 rings (SSSR count). The Balaban J connectivity index is 1.50. The van der Waals surface area contributed by atoms with Crippen LogP contribution in [0.5, 0.6) is 11.6 Å². The number of rotatable bonds is 3. The van der Waals surface area contributed by atoms with Crippen molar-refractivity contribution >= 4 is 17.4 Å². The van der Waals surface area contributed by atoms with Gasteiger partial charge in [-0.25, -0.2) is 15.0 Å². The SMILES string of the molecule is Nc1nccc(Oc2nccnc2-c2ccc3c(c2)C(N)C2(CCNCC2)C3)c1Cl. The van der Waals surface area contributed by atoms with Crippen LogP contribution in [0.3, 0.4) is 0 Å². The zero-order valence-electron chi connectivity index (χ0n) is 16.4. The van der Waals surface area contributed by atoms with Crippen LogP contribution in [0.2, 0.25) is 5.02 Å². The minimum Gasteiger partial charge on any atom is -0.435 e. The number of nitrogens with zero attached hydrogens (tertiary/aromatic N) is 3. The molecular weight excluding hydrogens is 400 g/mol. The fourth-order valence-corrected chi connectivity index (χ4v) is 4.80. The van der Waals surface area contributed by atoms with Gasteiger partial charge in [0, 0.05) is 36.3 Å². The van der Waals surface area contributed by atoms with Crippen molar-refractivity contribution in [2.75, 3.05) is 18.8 Å². The zero-order valence-corrected chi connectivity index (χ0v) is 17.2. The summed E-state index contributed by atoms with van der Waals surface area (Å²) in [5.41, 5.74) is 16.8. The average molecular weight is 423 g/mol. The fourth-order valence-electron chi connectivity index (χ4n) is 4.65. The number of aromatic nitrogens is 3. The summed E-state index contributed by atoms with van der Waals surface area (Å²) in [7, 11) is 0. The molecule has 3 heterocycles. The van der Waals surface area contributed by atoms with Crippen LogP contribution in [0.15, 0.2) is 42.9 Å². The van der Waals surface area contributed by atoms with Crippen molar-refractivity contribution in [3.05, 3.63) is 59.0 Å². The van der Waals surface area contributed by atoms with Gasteiger partial charge in [0.15, 0.2) is 5.75 Å². The molecule has 2 aliphatic rings. The van der Waals surface area contributed by atoms with Crippen LogP contribution in [-0.4, -0.2) is 28.0 Å². The van der Waals surface area contributed by atoms with E-state index in [-0.39, 0.29) is 22.3 Å². The Morgan fingerprint density at radius 1 is 1.07 bits per heavy atom. The number of anilines is 1. The summed E-state index contributed by atoms with van der Waals surface area (Å²) >= 11 is 6.24. The van der Waals surface area contributed by atoms with Gasteiger partial charge >= 0.3 is 0 Å². The smallest absolute Gasteiger partial charge is 0.246 e. The van der Waals surface area contributed by atoms with Gasteiger partial charge in [-0.05, 0) is 55.0 Å². The summed E-state index contributed by atoms with van der Waals surface area (Å²) in [6.07, 6.45) is 7.99. The van der Waals surface area contributed by atoms with Crippen molar-refractivity contribution in [1.29, 1.82) is 0 Å². The lowest BCUT2D eigenvalue weighted by Gasteiger charge is -2.37. The van der Waals surface area contributed by atoms with E-state index in [1.807, 2.05) is 0 Å².